The minimum absolute atomic E-state index is 0.161. The number of rotatable bonds is 4. The van der Waals surface area contributed by atoms with Gasteiger partial charge in [0.15, 0.2) is 0 Å². The molecule has 0 saturated carbocycles. The summed E-state index contributed by atoms with van der Waals surface area (Å²) >= 11 is 0. The Bertz CT molecular complexity index is 229. The molecule has 0 rings (SSSR count). The molecule has 0 radical (unpaired) electrons. The number of hydrogen-bond donors (Lipinski definition) is 2. The van der Waals surface area contributed by atoms with Crippen LogP contribution in [0.5, 0.6) is 0 Å². The van der Waals surface area contributed by atoms with E-state index < -0.39 is 12.1 Å². The molecule has 15 heavy (non-hydrogen) atoms. The van der Waals surface area contributed by atoms with Gasteiger partial charge in [0, 0.05) is 0 Å². The molecular formula is C8H19N5O2. The third-order valence-corrected chi connectivity index (χ3v) is 1.48. The van der Waals surface area contributed by atoms with Crippen LogP contribution in [0.25, 0.3) is 0 Å². The molecule has 4 amide bonds. The summed E-state index contributed by atoms with van der Waals surface area (Å²) in [6.45, 7) is 0.518. The molecule has 0 aliphatic rings. The predicted octanol–water partition coefficient (Wildman–Crippen LogP) is -0.885. The molecule has 3 N–H and O–H groups in total. The molecule has 7 heteroatoms. The van der Waals surface area contributed by atoms with Crippen molar-refractivity contribution in [2.24, 2.45) is 5.73 Å². The number of nitrogens with one attached hydrogen (secondary N) is 1. The maximum atomic E-state index is 11.5. The molecule has 0 spiro atoms. The molecule has 0 saturated heterocycles. The topological polar surface area (TPSA) is 81.9 Å². The largest absolute Gasteiger partial charge is 0.351 e. The third-order valence-electron chi connectivity index (χ3n) is 1.48. The van der Waals surface area contributed by atoms with Gasteiger partial charge in [0.2, 0.25) is 0 Å². The summed E-state index contributed by atoms with van der Waals surface area (Å²) in [5, 5.41) is 2.55. The van der Waals surface area contributed by atoms with E-state index in [9.17, 15) is 9.59 Å². The van der Waals surface area contributed by atoms with Crippen LogP contribution in [0, 0.1) is 0 Å². The molecule has 7 nitrogen and oxygen atoms in total. The Morgan fingerprint density at radius 2 is 1.67 bits per heavy atom. The minimum Gasteiger partial charge on any atom is -0.351 e. The summed E-state index contributed by atoms with van der Waals surface area (Å²) < 4.78 is 0. The molecular weight excluding hydrogens is 198 g/mol. The zero-order chi connectivity index (χ0) is 12.0. The summed E-state index contributed by atoms with van der Waals surface area (Å²) in [7, 11) is 7.10. The second-order valence-corrected chi connectivity index (χ2v) is 3.71. The molecule has 88 valence electrons. The number of imide groups is 1. The minimum atomic E-state index is -0.764. The highest BCUT2D eigenvalue weighted by Gasteiger charge is 2.18. The van der Waals surface area contributed by atoms with Crippen LogP contribution in [-0.2, 0) is 0 Å². The van der Waals surface area contributed by atoms with Crippen molar-refractivity contribution >= 4 is 12.1 Å². The number of primary amides is 1. The number of nitrogens with zero attached hydrogens (tertiary/aromatic N) is 3. The van der Waals surface area contributed by atoms with Crippen molar-refractivity contribution in [3.8, 4) is 0 Å². The SMILES string of the molecule is CN(C)CNC(=O)N(CN(C)C)C(N)=O. The molecule has 0 fully saturated rings. The predicted molar refractivity (Wildman–Crippen MR) is 57.1 cm³/mol. The summed E-state index contributed by atoms with van der Waals surface area (Å²) in [5.74, 6) is 0. The zero-order valence-corrected chi connectivity index (χ0v) is 9.65. The van der Waals surface area contributed by atoms with Gasteiger partial charge in [0.05, 0.1) is 13.3 Å². The van der Waals surface area contributed by atoms with Crippen molar-refractivity contribution in [2.45, 2.75) is 0 Å². The maximum absolute atomic E-state index is 11.5. The van der Waals surface area contributed by atoms with E-state index in [2.05, 4.69) is 5.32 Å². The molecule has 0 heterocycles. The summed E-state index contributed by atoms with van der Waals surface area (Å²) in [5.41, 5.74) is 5.08. The van der Waals surface area contributed by atoms with Crippen LogP contribution in [0.2, 0.25) is 0 Å². The van der Waals surface area contributed by atoms with Gasteiger partial charge in [-0.3, -0.25) is 9.80 Å². The normalized spacial score (nSPS) is 10.5. The molecule has 0 aromatic rings. The lowest BCUT2D eigenvalue weighted by molar-refractivity contribution is 0.165. The van der Waals surface area contributed by atoms with Gasteiger partial charge in [-0.2, -0.15) is 0 Å². The van der Waals surface area contributed by atoms with Gasteiger partial charge in [-0.1, -0.05) is 0 Å². The molecule has 0 bridgehead atoms. The van der Waals surface area contributed by atoms with Gasteiger partial charge >= 0.3 is 12.1 Å². The van der Waals surface area contributed by atoms with Gasteiger partial charge < -0.3 is 11.1 Å². The average Bonchev–Trinajstić information content (AvgIpc) is 2.09. The fraction of sp³-hybridized carbons (Fsp3) is 0.750. The highest BCUT2D eigenvalue weighted by Crippen LogP contribution is 1.91. The first-order valence-electron chi connectivity index (χ1n) is 4.49. The van der Waals surface area contributed by atoms with Gasteiger partial charge in [0.1, 0.15) is 0 Å². The number of hydrogen-bond acceptors (Lipinski definition) is 4. The number of urea groups is 2. The van der Waals surface area contributed by atoms with Crippen LogP contribution in [0.3, 0.4) is 0 Å². The first kappa shape index (κ1) is 13.7. The second kappa shape index (κ2) is 6.20. The molecule has 0 aliphatic heterocycles. The Morgan fingerprint density at radius 3 is 2.00 bits per heavy atom. The Hall–Kier alpha value is -1.34. The number of nitrogens with two attached hydrogens (primary N) is 1. The van der Waals surface area contributed by atoms with E-state index in [0.717, 1.165) is 4.90 Å². The van der Waals surface area contributed by atoms with Crippen LogP contribution in [0.1, 0.15) is 0 Å². The molecule has 0 aromatic heterocycles. The third kappa shape index (κ3) is 5.87. The van der Waals surface area contributed by atoms with Crippen molar-refractivity contribution in [2.75, 3.05) is 41.5 Å². The summed E-state index contributed by atoms with van der Waals surface area (Å²) in [6, 6.07) is -1.26. The van der Waals surface area contributed by atoms with Gasteiger partial charge in [-0.25, -0.2) is 14.5 Å². The fourth-order valence-electron chi connectivity index (χ4n) is 0.838. The van der Waals surface area contributed by atoms with Crippen LogP contribution < -0.4 is 11.1 Å². The first-order chi connectivity index (χ1) is 6.84. The van der Waals surface area contributed by atoms with Crippen LogP contribution in [-0.4, -0.2) is 68.3 Å². The van der Waals surface area contributed by atoms with Crippen molar-refractivity contribution in [1.82, 2.24) is 20.0 Å². The quantitative estimate of drug-likeness (QED) is 0.599. The zero-order valence-electron chi connectivity index (χ0n) is 9.65. The van der Waals surface area contributed by atoms with Crippen molar-refractivity contribution in [1.29, 1.82) is 0 Å². The Labute approximate surface area is 89.8 Å². The van der Waals surface area contributed by atoms with Crippen molar-refractivity contribution in [3.63, 3.8) is 0 Å². The van der Waals surface area contributed by atoms with E-state index in [1.807, 2.05) is 0 Å². The highest BCUT2D eigenvalue weighted by atomic mass is 16.2. The Morgan fingerprint density at radius 1 is 1.13 bits per heavy atom. The van der Waals surface area contributed by atoms with E-state index in [4.69, 9.17) is 5.73 Å². The van der Waals surface area contributed by atoms with E-state index in [-0.39, 0.29) is 6.67 Å². The number of carbonyl (C=O) groups is 2. The first-order valence-corrected chi connectivity index (χ1v) is 4.49. The highest BCUT2D eigenvalue weighted by molar-refractivity contribution is 5.92. The second-order valence-electron chi connectivity index (χ2n) is 3.71. The lowest BCUT2D eigenvalue weighted by atomic mass is 10.6. The lowest BCUT2D eigenvalue weighted by Gasteiger charge is -2.23. The smallest absolute Gasteiger partial charge is 0.327 e. The Kier molecular flexibility index (Phi) is 5.65. The van der Waals surface area contributed by atoms with Gasteiger partial charge in [0.25, 0.3) is 0 Å². The average molecular weight is 217 g/mol. The monoisotopic (exact) mass is 217 g/mol. The van der Waals surface area contributed by atoms with Crippen molar-refractivity contribution in [3.05, 3.63) is 0 Å². The van der Waals surface area contributed by atoms with E-state index in [1.165, 1.54) is 0 Å². The molecule has 0 unspecified atom stereocenters. The Balaban J connectivity index is 4.23. The van der Waals surface area contributed by atoms with Gasteiger partial charge in [-0.15, -0.1) is 0 Å². The fourth-order valence-corrected chi connectivity index (χ4v) is 0.838. The van der Waals surface area contributed by atoms with E-state index in [1.54, 1.807) is 38.0 Å². The summed E-state index contributed by atoms with van der Waals surface area (Å²) in [4.78, 5) is 26.8. The number of amides is 4. The molecule has 0 aliphatic carbocycles. The van der Waals surface area contributed by atoms with E-state index in [0.29, 0.717) is 6.67 Å². The van der Waals surface area contributed by atoms with Crippen LogP contribution >= 0.6 is 0 Å². The molecule has 0 aromatic carbocycles. The lowest BCUT2D eigenvalue weighted by Crippen LogP contribution is -2.51. The summed E-state index contributed by atoms with van der Waals surface area (Å²) in [6.07, 6.45) is 0. The maximum Gasteiger partial charge on any atom is 0.327 e. The van der Waals surface area contributed by atoms with Crippen LogP contribution in [0.15, 0.2) is 0 Å². The van der Waals surface area contributed by atoms with Crippen molar-refractivity contribution < 1.29 is 9.59 Å². The van der Waals surface area contributed by atoms with Crippen LogP contribution in [0.4, 0.5) is 9.59 Å². The number of carbonyl (C=O) groups excluding carboxylic acids is 2. The standard InChI is InChI=1S/C8H19N5O2/c1-11(2)5-10-8(15)13(7(9)14)6-12(3)4/h5-6H2,1-4H3,(H2,9,14)(H,10,15). The molecule has 0 atom stereocenters. The van der Waals surface area contributed by atoms with Gasteiger partial charge in [-0.05, 0) is 28.2 Å². The van der Waals surface area contributed by atoms with E-state index >= 15 is 0 Å².